The number of carbonyl (C=O) groups is 1. The maximum absolute atomic E-state index is 11.9. The Labute approximate surface area is 100 Å². The first-order valence-corrected chi connectivity index (χ1v) is 6.44. The minimum atomic E-state index is -0.149. The van der Waals surface area contributed by atoms with Gasteiger partial charge in [0, 0.05) is 4.88 Å². The van der Waals surface area contributed by atoms with Crippen LogP contribution < -0.4 is 5.32 Å². The summed E-state index contributed by atoms with van der Waals surface area (Å²) in [6.07, 6.45) is 9.56. The third kappa shape index (κ3) is 2.12. The number of terminal acetylenes is 1. The van der Waals surface area contributed by atoms with Crippen molar-refractivity contribution in [3.63, 3.8) is 0 Å². The van der Waals surface area contributed by atoms with Crippen LogP contribution in [0.2, 0.25) is 0 Å². The minimum Gasteiger partial charge on any atom is -0.338 e. The summed E-state index contributed by atoms with van der Waals surface area (Å²) in [6, 6.07) is 1.87. The molecule has 1 N–H and O–H groups in total. The zero-order valence-corrected chi connectivity index (χ0v) is 10.2. The summed E-state index contributed by atoms with van der Waals surface area (Å²) in [5.74, 6) is 2.55. The number of amides is 1. The van der Waals surface area contributed by atoms with Crippen molar-refractivity contribution in [2.75, 3.05) is 0 Å². The average Bonchev–Trinajstić information content (AvgIpc) is 2.85. The van der Waals surface area contributed by atoms with Crippen molar-refractivity contribution in [2.45, 2.75) is 38.6 Å². The molecule has 0 saturated heterocycles. The first-order chi connectivity index (χ1) is 7.74. The first-order valence-electron chi connectivity index (χ1n) is 5.63. The fraction of sp³-hybridized carbons (Fsp3) is 0.462. The van der Waals surface area contributed by atoms with Crippen molar-refractivity contribution >= 4 is 17.2 Å². The predicted molar refractivity (Wildman–Crippen MR) is 66.7 cm³/mol. The molecule has 0 spiro atoms. The lowest BCUT2D eigenvalue weighted by Gasteiger charge is -2.09. The zero-order valence-electron chi connectivity index (χ0n) is 9.38. The van der Waals surface area contributed by atoms with Gasteiger partial charge in [-0.25, -0.2) is 0 Å². The van der Waals surface area contributed by atoms with E-state index in [9.17, 15) is 4.79 Å². The molecule has 1 aromatic heterocycles. The summed E-state index contributed by atoms with van der Waals surface area (Å²) in [5.41, 5.74) is 1.35. The van der Waals surface area contributed by atoms with E-state index in [1.807, 2.05) is 13.0 Å². The van der Waals surface area contributed by atoms with Crippen molar-refractivity contribution in [1.29, 1.82) is 0 Å². The van der Waals surface area contributed by atoms with E-state index in [0.717, 1.165) is 24.1 Å². The lowest BCUT2D eigenvalue weighted by Crippen LogP contribution is -2.32. The van der Waals surface area contributed by atoms with E-state index in [1.54, 1.807) is 11.3 Å². The van der Waals surface area contributed by atoms with Crippen molar-refractivity contribution in [3.8, 4) is 12.3 Å². The molecule has 0 fully saturated rings. The van der Waals surface area contributed by atoms with Gasteiger partial charge in [-0.05, 0) is 37.3 Å². The Morgan fingerprint density at radius 3 is 3.12 bits per heavy atom. The molecule has 16 heavy (non-hydrogen) atoms. The molecule has 84 valence electrons. The van der Waals surface area contributed by atoms with Crippen LogP contribution >= 0.6 is 11.3 Å². The van der Waals surface area contributed by atoms with Crippen LogP contribution in [0.5, 0.6) is 0 Å². The summed E-state index contributed by atoms with van der Waals surface area (Å²) < 4.78 is 0. The van der Waals surface area contributed by atoms with Crippen LogP contribution in [-0.4, -0.2) is 11.9 Å². The molecule has 2 nitrogen and oxygen atoms in total. The number of fused-ring (bicyclic) bond motifs is 1. The fourth-order valence-corrected chi connectivity index (χ4v) is 3.09. The zero-order chi connectivity index (χ0) is 11.5. The molecule has 0 aromatic carbocycles. The summed E-state index contributed by atoms with van der Waals surface area (Å²) in [5, 5.41) is 2.86. The molecule has 0 saturated carbocycles. The summed E-state index contributed by atoms with van der Waals surface area (Å²) in [7, 11) is 0. The first kappa shape index (κ1) is 11.2. The molecule has 3 heteroatoms. The highest BCUT2D eigenvalue weighted by atomic mass is 32.1. The van der Waals surface area contributed by atoms with E-state index < -0.39 is 0 Å². The predicted octanol–water partition coefficient (Wildman–Crippen LogP) is 2.38. The molecule has 1 aliphatic carbocycles. The number of carbonyl (C=O) groups excluding carboxylic acids is 1. The second-order valence-corrected chi connectivity index (χ2v) is 5.15. The Hall–Kier alpha value is -1.27. The lowest BCUT2D eigenvalue weighted by atomic mass is 10.2. The topological polar surface area (TPSA) is 29.1 Å². The van der Waals surface area contributed by atoms with Gasteiger partial charge in [-0.15, -0.1) is 17.8 Å². The molecule has 0 aliphatic heterocycles. The normalized spacial score (nSPS) is 15.2. The van der Waals surface area contributed by atoms with Gasteiger partial charge in [0.05, 0.1) is 10.9 Å². The molecule has 1 aromatic rings. The number of hydrogen-bond donors (Lipinski definition) is 1. The van der Waals surface area contributed by atoms with Crippen molar-refractivity contribution in [1.82, 2.24) is 5.32 Å². The molecule has 0 radical (unpaired) electrons. The van der Waals surface area contributed by atoms with E-state index in [1.165, 1.54) is 16.9 Å². The monoisotopic (exact) mass is 233 g/mol. The van der Waals surface area contributed by atoms with Crippen molar-refractivity contribution < 1.29 is 4.79 Å². The Morgan fingerprint density at radius 2 is 2.50 bits per heavy atom. The van der Waals surface area contributed by atoms with E-state index in [-0.39, 0.29) is 11.9 Å². The standard InChI is InChI=1S/C13H15NOS/c1-3-10(4-2)14-13(15)12-8-9-6-5-7-11(9)16-12/h1,8,10H,4-7H2,2H3,(H,14,15). The highest BCUT2D eigenvalue weighted by Gasteiger charge is 2.19. The van der Waals surface area contributed by atoms with Crippen molar-refractivity contribution in [3.05, 3.63) is 21.4 Å². The van der Waals surface area contributed by atoms with E-state index in [0.29, 0.717) is 0 Å². The number of nitrogens with one attached hydrogen (secondary N) is 1. The van der Waals surface area contributed by atoms with Gasteiger partial charge in [0.1, 0.15) is 0 Å². The van der Waals surface area contributed by atoms with Gasteiger partial charge < -0.3 is 5.32 Å². The number of aryl methyl sites for hydroxylation is 2. The van der Waals surface area contributed by atoms with Crippen LogP contribution in [0.25, 0.3) is 0 Å². The highest BCUT2D eigenvalue weighted by molar-refractivity contribution is 7.14. The van der Waals surface area contributed by atoms with Crippen LogP contribution in [-0.2, 0) is 12.8 Å². The molecule has 1 heterocycles. The van der Waals surface area contributed by atoms with Gasteiger partial charge in [-0.1, -0.05) is 12.8 Å². The second kappa shape index (κ2) is 4.71. The molecule has 1 amide bonds. The van der Waals surface area contributed by atoms with Crippen LogP contribution in [0.1, 0.15) is 39.9 Å². The maximum atomic E-state index is 11.9. The minimum absolute atomic E-state index is 0.0239. The van der Waals surface area contributed by atoms with Crippen LogP contribution in [0.4, 0.5) is 0 Å². The second-order valence-electron chi connectivity index (χ2n) is 4.01. The molecule has 1 unspecified atom stereocenters. The Bertz CT molecular complexity index is 420. The average molecular weight is 233 g/mol. The number of thiophene rings is 1. The number of rotatable bonds is 3. The van der Waals surface area contributed by atoms with Crippen molar-refractivity contribution in [2.24, 2.45) is 0 Å². The van der Waals surface area contributed by atoms with Crippen LogP contribution in [0.15, 0.2) is 6.07 Å². The summed E-state index contributed by atoms with van der Waals surface area (Å²) >= 11 is 1.61. The molecular formula is C13H15NOS. The van der Waals surface area contributed by atoms with Gasteiger partial charge in [0.2, 0.25) is 0 Å². The number of hydrogen-bond acceptors (Lipinski definition) is 2. The van der Waals surface area contributed by atoms with Gasteiger partial charge >= 0.3 is 0 Å². The van der Waals surface area contributed by atoms with Gasteiger partial charge in [0.25, 0.3) is 5.91 Å². The van der Waals surface area contributed by atoms with Crippen LogP contribution in [0, 0.1) is 12.3 Å². The molecule has 1 atom stereocenters. The maximum Gasteiger partial charge on any atom is 0.262 e. The third-order valence-electron chi connectivity index (χ3n) is 2.89. The van der Waals surface area contributed by atoms with Gasteiger partial charge in [-0.2, -0.15) is 0 Å². The Morgan fingerprint density at radius 1 is 1.69 bits per heavy atom. The molecule has 0 bridgehead atoms. The van der Waals surface area contributed by atoms with E-state index in [4.69, 9.17) is 6.42 Å². The van der Waals surface area contributed by atoms with Gasteiger partial charge in [0.15, 0.2) is 0 Å². The fourth-order valence-electron chi connectivity index (χ4n) is 1.93. The molecular weight excluding hydrogens is 218 g/mol. The SMILES string of the molecule is C#CC(CC)NC(=O)c1cc2c(s1)CCC2. The quantitative estimate of drug-likeness (QED) is 0.798. The van der Waals surface area contributed by atoms with E-state index in [2.05, 4.69) is 11.2 Å². The molecule has 1 aliphatic rings. The van der Waals surface area contributed by atoms with Crippen LogP contribution in [0.3, 0.4) is 0 Å². The smallest absolute Gasteiger partial charge is 0.262 e. The van der Waals surface area contributed by atoms with Gasteiger partial charge in [-0.3, -0.25) is 4.79 Å². The lowest BCUT2D eigenvalue weighted by molar-refractivity contribution is 0.0949. The largest absolute Gasteiger partial charge is 0.338 e. The summed E-state index contributed by atoms with van der Waals surface area (Å²) in [6.45, 7) is 1.97. The summed E-state index contributed by atoms with van der Waals surface area (Å²) in [4.78, 5) is 14.1. The Kier molecular flexibility index (Phi) is 3.31. The molecule has 2 rings (SSSR count). The third-order valence-corrected chi connectivity index (χ3v) is 4.12. The Balaban J connectivity index is 2.07. The highest BCUT2D eigenvalue weighted by Crippen LogP contribution is 2.30. The van der Waals surface area contributed by atoms with E-state index >= 15 is 0 Å².